The van der Waals surface area contributed by atoms with E-state index in [1.807, 2.05) is 30.3 Å². The van der Waals surface area contributed by atoms with Crippen molar-refractivity contribution in [2.45, 2.75) is 26.7 Å². The minimum Gasteiger partial charge on any atom is -0.490 e. The normalized spacial score (nSPS) is 10.8. The summed E-state index contributed by atoms with van der Waals surface area (Å²) in [6.45, 7) is 5.01. The number of fused-ring (bicyclic) bond motifs is 2. The number of benzene rings is 4. The largest absolute Gasteiger partial charge is 0.490 e. The predicted octanol–water partition coefficient (Wildman–Crippen LogP) is 4.81. The van der Waals surface area contributed by atoms with Gasteiger partial charge in [0.1, 0.15) is 24.7 Å². The van der Waals surface area contributed by atoms with Crippen molar-refractivity contribution in [3.05, 3.63) is 83.9 Å². The summed E-state index contributed by atoms with van der Waals surface area (Å²) in [7, 11) is 0. The minimum absolute atomic E-state index is 0.0241. The highest BCUT2D eigenvalue weighted by Crippen LogP contribution is 2.27. The Morgan fingerprint density at radius 3 is 2.03 bits per heavy atom. The predicted molar refractivity (Wildman–Crippen MR) is 144 cm³/mol. The molecular formula is C30H32N2O4. The Balaban J connectivity index is 1.40. The number of hydrogen-bond acceptors (Lipinski definition) is 4. The first-order chi connectivity index (χ1) is 17.5. The van der Waals surface area contributed by atoms with Gasteiger partial charge >= 0.3 is 0 Å². The van der Waals surface area contributed by atoms with Crippen LogP contribution in [0.15, 0.2) is 72.8 Å². The highest BCUT2D eigenvalue weighted by molar-refractivity contribution is 5.87. The number of ether oxygens (including phenoxy) is 2. The van der Waals surface area contributed by atoms with Crippen LogP contribution in [0.1, 0.15) is 25.0 Å². The molecule has 0 aliphatic heterocycles. The SMILES string of the molecule is CC(=O)NCCc1cc2ccccc2cc1OCCOc1ccc2cccc(CCNC(C)=O)c2c1. The third-order valence-corrected chi connectivity index (χ3v) is 6.02. The summed E-state index contributed by atoms with van der Waals surface area (Å²) in [4.78, 5) is 22.5. The number of hydrogen-bond donors (Lipinski definition) is 2. The Morgan fingerprint density at radius 2 is 1.31 bits per heavy atom. The maximum Gasteiger partial charge on any atom is 0.216 e. The molecule has 2 amide bonds. The maximum atomic E-state index is 11.3. The summed E-state index contributed by atoms with van der Waals surface area (Å²) < 4.78 is 12.2. The van der Waals surface area contributed by atoms with Crippen LogP contribution in [0.4, 0.5) is 0 Å². The molecule has 6 nitrogen and oxygen atoms in total. The van der Waals surface area contributed by atoms with Crippen LogP contribution < -0.4 is 20.1 Å². The molecule has 0 saturated heterocycles. The monoisotopic (exact) mass is 484 g/mol. The lowest BCUT2D eigenvalue weighted by atomic mass is 10.0. The first-order valence-electron chi connectivity index (χ1n) is 12.3. The van der Waals surface area contributed by atoms with Crippen LogP contribution in [0.25, 0.3) is 21.5 Å². The molecule has 0 aliphatic rings. The van der Waals surface area contributed by atoms with Crippen LogP contribution in [-0.2, 0) is 22.4 Å². The zero-order chi connectivity index (χ0) is 25.3. The van der Waals surface area contributed by atoms with Crippen molar-refractivity contribution in [2.24, 2.45) is 0 Å². The molecule has 4 rings (SSSR count). The number of carbonyl (C=O) groups excluding carboxylic acids is 2. The molecule has 0 heterocycles. The van der Waals surface area contributed by atoms with Crippen molar-refractivity contribution in [1.82, 2.24) is 10.6 Å². The van der Waals surface area contributed by atoms with Gasteiger partial charge in [-0.3, -0.25) is 9.59 Å². The summed E-state index contributed by atoms with van der Waals surface area (Å²) >= 11 is 0. The van der Waals surface area contributed by atoms with Gasteiger partial charge in [0.05, 0.1) is 0 Å². The van der Waals surface area contributed by atoms with Gasteiger partial charge in [-0.25, -0.2) is 0 Å². The molecule has 4 aromatic carbocycles. The van der Waals surface area contributed by atoms with E-state index in [9.17, 15) is 9.59 Å². The second-order valence-electron chi connectivity index (χ2n) is 8.77. The number of amides is 2. The van der Waals surface area contributed by atoms with Crippen molar-refractivity contribution in [1.29, 1.82) is 0 Å². The summed E-state index contributed by atoms with van der Waals surface area (Å²) in [5.41, 5.74) is 2.22. The van der Waals surface area contributed by atoms with Crippen LogP contribution >= 0.6 is 0 Å². The Labute approximate surface area is 211 Å². The average Bonchev–Trinajstić information content (AvgIpc) is 2.86. The number of rotatable bonds is 11. The molecule has 0 atom stereocenters. The molecule has 0 radical (unpaired) electrons. The summed E-state index contributed by atoms with van der Waals surface area (Å²) in [6.07, 6.45) is 1.44. The molecule has 0 aliphatic carbocycles. The topological polar surface area (TPSA) is 76.7 Å². The number of carbonyl (C=O) groups is 2. The van der Waals surface area contributed by atoms with Gasteiger partial charge < -0.3 is 20.1 Å². The molecule has 6 heteroatoms. The summed E-state index contributed by atoms with van der Waals surface area (Å²) in [5, 5.41) is 10.2. The van der Waals surface area contributed by atoms with E-state index in [2.05, 4.69) is 53.1 Å². The summed E-state index contributed by atoms with van der Waals surface area (Å²) in [5.74, 6) is 1.52. The van der Waals surface area contributed by atoms with Crippen LogP contribution in [0.3, 0.4) is 0 Å². The average molecular weight is 485 g/mol. The molecule has 0 unspecified atom stereocenters. The summed E-state index contributed by atoms with van der Waals surface area (Å²) in [6, 6.07) is 24.6. The molecule has 4 aromatic rings. The molecule has 0 saturated carbocycles. The van der Waals surface area contributed by atoms with Crippen molar-refractivity contribution in [3.8, 4) is 11.5 Å². The van der Waals surface area contributed by atoms with Crippen molar-refractivity contribution in [2.75, 3.05) is 26.3 Å². The number of nitrogens with one attached hydrogen (secondary N) is 2. The Kier molecular flexibility index (Phi) is 8.40. The highest BCUT2D eigenvalue weighted by Gasteiger charge is 2.08. The van der Waals surface area contributed by atoms with E-state index in [1.165, 1.54) is 19.4 Å². The molecule has 0 aromatic heterocycles. The van der Waals surface area contributed by atoms with Crippen LogP contribution in [-0.4, -0.2) is 38.1 Å². The fourth-order valence-electron chi connectivity index (χ4n) is 4.28. The van der Waals surface area contributed by atoms with E-state index in [0.29, 0.717) is 32.7 Å². The molecule has 2 N–H and O–H groups in total. The first kappa shape index (κ1) is 25.0. The lowest BCUT2D eigenvalue weighted by Gasteiger charge is -2.15. The smallest absolute Gasteiger partial charge is 0.216 e. The second-order valence-corrected chi connectivity index (χ2v) is 8.77. The quantitative estimate of drug-likeness (QED) is 0.300. The van der Waals surface area contributed by atoms with Gasteiger partial charge in [0.25, 0.3) is 0 Å². The lowest BCUT2D eigenvalue weighted by molar-refractivity contribution is -0.119. The lowest BCUT2D eigenvalue weighted by Crippen LogP contribution is -2.22. The first-order valence-corrected chi connectivity index (χ1v) is 12.3. The second kappa shape index (κ2) is 12.1. The third kappa shape index (κ3) is 6.75. The standard InChI is InChI=1S/C30H32N2O4/c1-21(33)31-14-12-24-9-5-8-23-10-11-28(20-29(23)24)35-16-17-36-30-19-26-7-4-3-6-25(26)18-27(30)13-15-32-22(2)34/h3-11,18-20H,12-17H2,1-2H3,(H,31,33)(H,32,34). The Morgan fingerprint density at radius 1 is 0.667 bits per heavy atom. The van der Waals surface area contributed by atoms with E-state index in [4.69, 9.17) is 9.47 Å². The van der Waals surface area contributed by atoms with E-state index in [0.717, 1.165) is 45.0 Å². The maximum absolute atomic E-state index is 11.3. The van der Waals surface area contributed by atoms with Gasteiger partial charge in [-0.15, -0.1) is 0 Å². The minimum atomic E-state index is -0.0414. The van der Waals surface area contributed by atoms with Crippen LogP contribution in [0, 0.1) is 0 Å². The van der Waals surface area contributed by atoms with E-state index < -0.39 is 0 Å². The molecular weight excluding hydrogens is 452 g/mol. The van der Waals surface area contributed by atoms with Gasteiger partial charge in [0.2, 0.25) is 11.8 Å². The van der Waals surface area contributed by atoms with Gasteiger partial charge in [-0.05, 0) is 69.8 Å². The van der Waals surface area contributed by atoms with E-state index in [-0.39, 0.29) is 11.8 Å². The van der Waals surface area contributed by atoms with E-state index in [1.54, 1.807) is 0 Å². The fraction of sp³-hybridized carbons (Fsp3) is 0.267. The van der Waals surface area contributed by atoms with Gasteiger partial charge in [-0.1, -0.05) is 48.5 Å². The van der Waals surface area contributed by atoms with Crippen molar-refractivity contribution < 1.29 is 19.1 Å². The van der Waals surface area contributed by atoms with Crippen LogP contribution in [0.5, 0.6) is 11.5 Å². The molecule has 0 fully saturated rings. The Hall–Kier alpha value is -4.06. The molecule has 0 spiro atoms. The Bertz CT molecular complexity index is 1370. The van der Waals surface area contributed by atoms with Crippen LogP contribution in [0.2, 0.25) is 0 Å². The molecule has 36 heavy (non-hydrogen) atoms. The van der Waals surface area contributed by atoms with Gasteiger partial charge in [0, 0.05) is 26.9 Å². The zero-order valence-electron chi connectivity index (χ0n) is 20.8. The van der Waals surface area contributed by atoms with Gasteiger partial charge in [-0.2, -0.15) is 0 Å². The fourth-order valence-corrected chi connectivity index (χ4v) is 4.28. The molecule has 186 valence electrons. The van der Waals surface area contributed by atoms with Crippen molar-refractivity contribution in [3.63, 3.8) is 0 Å². The highest BCUT2D eigenvalue weighted by atomic mass is 16.5. The zero-order valence-corrected chi connectivity index (χ0v) is 20.8. The van der Waals surface area contributed by atoms with Gasteiger partial charge in [0.15, 0.2) is 0 Å². The van der Waals surface area contributed by atoms with E-state index >= 15 is 0 Å². The van der Waals surface area contributed by atoms with Crippen molar-refractivity contribution >= 4 is 33.4 Å². The third-order valence-electron chi connectivity index (χ3n) is 6.02. The molecule has 0 bridgehead atoms.